The maximum atomic E-state index is 6.86. The van der Waals surface area contributed by atoms with Gasteiger partial charge in [0.25, 0.3) is 0 Å². The lowest BCUT2D eigenvalue weighted by molar-refractivity contribution is 0.491. The lowest BCUT2D eigenvalue weighted by Gasteiger charge is -2.22. The van der Waals surface area contributed by atoms with E-state index < -0.39 is 0 Å². The second-order valence-corrected chi connectivity index (χ2v) is 11.2. The number of rotatable bonds is 3. The number of ether oxygens (including phenoxy) is 1. The molecule has 8 rings (SSSR count). The Labute approximate surface area is 233 Å². The van der Waals surface area contributed by atoms with Crippen LogP contribution in [0.25, 0.3) is 54.6 Å². The Morgan fingerprint density at radius 1 is 0.575 bits per heavy atom. The first-order valence-electron chi connectivity index (χ1n) is 13.8. The van der Waals surface area contributed by atoms with Gasteiger partial charge in [0.05, 0.1) is 0 Å². The Bertz CT molecular complexity index is 2060. The molecule has 1 aromatic heterocycles. The fraction of sp³-hybridized carbons (Fsp3) is 0.0789. The number of hydrogen-bond acceptors (Lipinski definition) is 2. The van der Waals surface area contributed by atoms with E-state index in [0.717, 1.165) is 33.0 Å². The number of nitrogens with zero attached hydrogens (tertiary/aromatic N) is 1. The quantitative estimate of drug-likeness (QED) is 0.219. The van der Waals surface area contributed by atoms with E-state index in [2.05, 4.69) is 134 Å². The van der Waals surface area contributed by atoms with Crippen molar-refractivity contribution in [1.29, 1.82) is 0 Å². The summed E-state index contributed by atoms with van der Waals surface area (Å²) in [7, 11) is 0. The van der Waals surface area contributed by atoms with E-state index in [9.17, 15) is 0 Å². The molecular formula is C38H27NO. The summed E-state index contributed by atoms with van der Waals surface area (Å²) >= 11 is 0. The highest BCUT2D eigenvalue weighted by Crippen LogP contribution is 2.51. The van der Waals surface area contributed by atoms with Crippen molar-refractivity contribution in [2.24, 2.45) is 0 Å². The molecule has 0 aliphatic heterocycles. The van der Waals surface area contributed by atoms with Crippen LogP contribution in [0.15, 0.2) is 128 Å². The highest BCUT2D eigenvalue weighted by molar-refractivity contribution is 6.17. The van der Waals surface area contributed by atoms with Crippen molar-refractivity contribution >= 4 is 32.3 Å². The maximum absolute atomic E-state index is 6.86. The van der Waals surface area contributed by atoms with Gasteiger partial charge >= 0.3 is 0 Å². The van der Waals surface area contributed by atoms with E-state index in [-0.39, 0.29) is 5.41 Å². The molecule has 0 fully saturated rings. The van der Waals surface area contributed by atoms with E-state index in [1.807, 2.05) is 12.4 Å². The fourth-order valence-electron chi connectivity index (χ4n) is 6.61. The van der Waals surface area contributed by atoms with Crippen LogP contribution in [-0.2, 0) is 5.41 Å². The van der Waals surface area contributed by atoms with Gasteiger partial charge in [-0.2, -0.15) is 0 Å². The zero-order valence-electron chi connectivity index (χ0n) is 22.5. The lowest BCUT2D eigenvalue weighted by atomic mass is 9.82. The van der Waals surface area contributed by atoms with Crippen LogP contribution < -0.4 is 4.74 Å². The number of aromatic nitrogens is 1. The summed E-state index contributed by atoms with van der Waals surface area (Å²) in [5.74, 6) is 1.71. The first-order chi connectivity index (χ1) is 19.6. The average molecular weight is 514 g/mol. The number of hydrogen-bond donors (Lipinski definition) is 0. The second-order valence-electron chi connectivity index (χ2n) is 11.2. The van der Waals surface area contributed by atoms with E-state index in [4.69, 9.17) is 4.74 Å². The van der Waals surface area contributed by atoms with Gasteiger partial charge in [-0.25, -0.2) is 0 Å². The predicted octanol–water partition coefficient (Wildman–Crippen LogP) is 10.3. The third kappa shape index (κ3) is 3.32. The molecule has 190 valence electrons. The average Bonchev–Trinajstić information content (AvgIpc) is 3.23. The van der Waals surface area contributed by atoms with Crippen molar-refractivity contribution in [3.8, 4) is 33.8 Å². The van der Waals surface area contributed by atoms with Gasteiger partial charge in [-0.05, 0) is 73.8 Å². The molecule has 40 heavy (non-hydrogen) atoms. The van der Waals surface area contributed by atoms with Crippen molar-refractivity contribution in [3.05, 3.63) is 139 Å². The zero-order valence-corrected chi connectivity index (χ0v) is 22.5. The largest absolute Gasteiger partial charge is 0.456 e. The molecule has 7 aromatic rings. The minimum absolute atomic E-state index is 0.0840. The summed E-state index contributed by atoms with van der Waals surface area (Å²) in [4.78, 5) is 4.55. The summed E-state index contributed by atoms with van der Waals surface area (Å²) < 4.78 is 6.86. The van der Waals surface area contributed by atoms with Crippen LogP contribution >= 0.6 is 0 Å². The summed E-state index contributed by atoms with van der Waals surface area (Å²) in [6.45, 7) is 4.60. The summed E-state index contributed by atoms with van der Waals surface area (Å²) in [6, 6.07) is 41.1. The van der Waals surface area contributed by atoms with E-state index in [1.165, 1.54) is 44.2 Å². The van der Waals surface area contributed by atoms with Crippen LogP contribution in [0, 0.1) is 0 Å². The van der Waals surface area contributed by atoms with E-state index >= 15 is 0 Å². The molecule has 6 aromatic carbocycles. The minimum atomic E-state index is -0.0840. The van der Waals surface area contributed by atoms with Gasteiger partial charge in [0.15, 0.2) is 0 Å². The second kappa shape index (κ2) is 8.53. The Morgan fingerprint density at radius 3 is 2.20 bits per heavy atom. The van der Waals surface area contributed by atoms with Gasteiger partial charge in [0.2, 0.25) is 0 Å². The summed E-state index contributed by atoms with van der Waals surface area (Å²) in [5.41, 5.74) is 7.55. The van der Waals surface area contributed by atoms with Crippen molar-refractivity contribution in [2.75, 3.05) is 0 Å². The van der Waals surface area contributed by atoms with Crippen LogP contribution in [0.1, 0.15) is 25.0 Å². The smallest absolute Gasteiger partial charge is 0.143 e. The third-order valence-corrected chi connectivity index (χ3v) is 8.59. The SMILES string of the molecule is CC1(C)c2ccccc2-c2ccc(Oc3c4ccccc4c(-c4ccc5ccccc5c4)c4cnccc34)cc21. The molecule has 0 saturated carbocycles. The monoisotopic (exact) mass is 513 g/mol. The van der Waals surface area contributed by atoms with Crippen LogP contribution in [0.5, 0.6) is 11.5 Å². The fourth-order valence-corrected chi connectivity index (χ4v) is 6.61. The van der Waals surface area contributed by atoms with Crippen LogP contribution in [0.3, 0.4) is 0 Å². The molecule has 0 amide bonds. The van der Waals surface area contributed by atoms with Gasteiger partial charge in [-0.3, -0.25) is 4.98 Å². The maximum Gasteiger partial charge on any atom is 0.143 e. The van der Waals surface area contributed by atoms with E-state index in [1.54, 1.807) is 0 Å². The highest BCUT2D eigenvalue weighted by Gasteiger charge is 2.35. The number of benzene rings is 6. The van der Waals surface area contributed by atoms with Gasteiger partial charge in [-0.1, -0.05) is 105 Å². The Kier molecular flexibility index (Phi) is 4.90. The molecule has 0 spiro atoms. The van der Waals surface area contributed by atoms with Gasteiger partial charge in [-0.15, -0.1) is 0 Å². The molecule has 2 heteroatoms. The third-order valence-electron chi connectivity index (χ3n) is 8.59. The molecule has 0 atom stereocenters. The summed E-state index contributed by atoms with van der Waals surface area (Å²) in [5, 5.41) is 6.85. The molecule has 2 nitrogen and oxygen atoms in total. The van der Waals surface area contributed by atoms with Crippen molar-refractivity contribution in [3.63, 3.8) is 0 Å². The molecule has 0 saturated heterocycles. The Morgan fingerprint density at radius 2 is 1.30 bits per heavy atom. The highest BCUT2D eigenvalue weighted by atomic mass is 16.5. The first kappa shape index (κ1) is 23.0. The van der Waals surface area contributed by atoms with Gasteiger partial charge in [0.1, 0.15) is 11.5 Å². The Balaban J connectivity index is 1.33. The topological polar surface area (TPSA) is 22.1 Å². The van der Waals surface area contributed by atoms with Gasteiger partial charge in [0, 0.05) is 34.0 Å². The molecule has 0 bridgehead atoms. The normalized spacial score (nSPS) is 13.4. The molecule has 0 unspecified atom stereocenters. The zero-order chi connectivity index (χ0) is 26.8. The predicted molar refractivity (Wildman–Crippen MR) is 166 cm³/mol. The molecule has 1 aliphatic rings. The van der Waals surface area contributed by atoms with Crippen molar-refractivity contribution in [2.45, 2.75) is 19.3 Å². The van der Waals surface area contributed by atoms with Gasteiger partial charge < -0.3 is 4.74 Å². The molecular weight excluding hydrogens is 486 g/mol. The standard InChI is InChI=1S/C38H27NO/c1-38(2)34-14-8-7-11-28(34)29-18-17-27(22-35(29)38)40-37-31-13-6-5-12-30(31)36(33-23-39-20-19-32(33)37)26-16-15-24-9-3-4-10-25(24)21-26/h3-23H,1-2H3. The minimum Gasteiger partial charge on any atom is -0.456 e. The number of pyridine rings is 1. The van der Waals surface area contributed by atoms with E-state index in [0.29, 0.717) is 0 Å². The molecule has 0 N–H and O–H groups in total. The molecule has 1 aliphatic carbocycles. The Hall–Kier alpha value is -4.95. The molecule has 1 heterocycles. The van der Waals surface area contributed by atoms with Crippen LogP contribution in [-0.4, -0.2) is 4.98 Å². The van der Waals surface area contributed by atoms with Crippen molar-refractivity contribution in [1.82, 2.24) is 4.98 Å². The molecule has 0 radical (unpaired) electrons. The van der Waals surface area contributed by atoms with Crippen LogP contribution in [0.2, 0.25) is 0 Å². The lowest BCUT2D eigenvalue weighted by Crippen LogP contribution is -2.14. The number of fused-ring (bicyclic) bond motifs is 6. The summed E-state index contributed by atoms with van der Waals surface area (Å²) in [6.07, 6.45) is 3.83. The first-order valence-corrected chi connectivity index (χ1v) is 13.8. The van der Waals surface area contributed by atoms with Crippen LogP contribution in [0.4, 0.5) is 0 Å². The van der Waals surface area contributed by atoms with Crippen molar-refractivity contribution < 1.29 is 4.74 Å².